The molecule has 1 aliphatic carbocycles. The zero-order valence-electron chi connectivity index (χ0n) is 17.4. The van der Waals surface area contributed by atoms with Gasteiger partial charge in [0, 0.05) is 31.1 Å². The van der Waals surface area contributed by atoms with Crippen molar-refractivity contribution in [3.05, 3.63) is 36.1 Å². The summed E-state index contributed by atoms with van der Waals surface area (Å²) in [6.45, 7) is 3.22. The maximum Gasteiger partial charge on any atom is 0.227 e. The van der Waals surface area contributed by atoms with Gasteiger partial charge in [0.25, 0.3) is 0 Å². The molecule has 2 aromatic rings. The molecular weight excluding hydrogens is 364 g/mol. The van der Waals surface area contributed by atoms with Crippen LogP contribution in [0.2, 0.25) is 0 Å². The largest absolute Gasteiger partial charge is 0.464 e. The van der Waals surface area contributed by atoms with E-state index in [-0.39, 0.29) is 17.6 Å². The molecule has 0 bridgehead atoms. The van der Waals surface area contributed by atoms with Gasteiger partial charge in [-0.05, 0) is 75.7 Å². The Hall–Kier alpha value is -1.85. The van der Waals surface area contributed by atoms with Crippen LogP contribution in [0.1, 0.15) is 50.5 Å². The van der Waals surface area contributed by atoms with Gasteiger partial charge in [-0.1, -0.05) is 12.1 Å². The van der Waals surface area contributed by atoms with Crippen molar-refractivity contribution >= 4 is 16.9 Å². The topological polar surface area (TPSA) is 45.9 Å². The summed E-state index contributed by atoms with van der Waals surface area (Å²) >= 11 is 0. The van der Waals surface area contributed by atoms with Crippen molar-refractivity contribution in [1.29, 1.82) is 0 Å². The zero-order valence-corrected chi connectivity index (χ0v) is 17.4. The number of benzene rings is 1. The van der Waals surface area contributed by atoms with Gasteiger partial charge in [-0.15, -0.1) is 0 Å². The molecule has 1 spiro atoms. The maximum atomic E-state index is 13.3. The van der Waals surface area contributed by atoms with E-state index in [9.17, 15) is 4.79 Å². The van der Waals surface area contributed by atoms with Gasteiger partial charge in [0.2, 0.25) is 5.91 Å². The Kier molecular flexibility index (Phi) is 5.12. The first-order valence-corrected chi connectivity index (χ1v) is 11.2. The molecule has 3 atom stereocenters. The van der Waals surface area contributed by atoms with Crippen LogP contribution in [0.25, 0.3) is 11.0 Å². The van der Waals surface area contributed by atoms with E-state index in [2.05, 4.69) is 4.90 Å². The quantitative estimate of drug-likeness (QED) is 0.784. The molecule has 1 aromatic heterocycles. The highest BCUT2D eigenvalue weighted by Gasteiger charge is 2.47. The summed E-state index contributed by atoms with van der Waals surface area (Å²) in [5.41, 5.74) is 1.97. The van der Waals surface area contributed by atoms with Gasteiger partial charge in [-0.2, -0.15) is 0 Å². The summed E-state index contributed by atoms with van der Waals surface area (Å²) in [4.78, 5) is 18.0. The molecule has 0 radical (unpaired) electrons. The number of amides is 1. The van der Waals surface area contributed by atoms with E-state index in [0.717, 1.165) is 55.5 Å². The Morgan fingerprint density at radius 1 is 1.21 bits per heavy atom. The van der Waals surface area contributed by atoms with E-state index in [1.807, 2.05) is 36.2 Å². The lowest BCUT2D eigenvalue weighted by Gasteiger charge is -2.48. The Bertz CT molecular complexity index is 864. The van der Waals surface area contributed by atoms with Crippen LogP contribution in [-0.2, 0) is 16.0 Å². The molecule has 3 fully saturated rings. The third-order valence-electron chi connectivity index (χ3n) is 7.53. The number of carbonyl (C=O) groups is 1. The van der Waals surface area contributed by atoms with Crippen LogP contribution in [0.5, 0.6) is 0 Å². The predicted molar refractivity (Wildman–Crippen MR) is 113 cm³/mol. The van der Waals surface area contributed by atoms with Crippen LogP contribution in [0.4, 0.5) is 0 Å². The minimum absolute atomic E-state index is 0.0655. The molecule has 156 valence electrons. The molecule has 1 aromatic carbocycles. The number of hydrogen-bond acceptors (Lipinski definition) is 4. The van der Waals surface area contributed by atoms with Crippen LogP contribution < -0.4 is 0 Å². The second-order valence-electron chi connectivity index (χ2n) is 9.19. The molecule has 1 amide bonds. The summed E-state index contributed by atoms with van der Waals surface area (Å²) in [5.74, 6) is 0.205. The van der Waals surface area contributed by atoms with E-state index in [1.54, 1.807) is 6.26 Å². The summed E-state index contributed by atoms with van der Waals surface area (Å²) in [5, 5.41) is 1.05. The van der Waals surface area contributed by atoms with Crippen molar-refractivity contribution in [2.75, 3.05) is 26.7 Å². The zero-order chi connectivity index (χ0) is 19.8. The number of fused-ring (bicyclic) bond motifs is 1. The van der Waals surface area contributed by atoms with Crippen molar-refractivity contribution in [2.24, 2.45) is 0 Å². The Morgan fingerprint density at radius 3 is 2.86 bits per heavy atom. The smallest absolute Gasteiger partial charge is 0.227 e. The summed E-state index contributed by atoms with van der Waals surface area (Å²) in [7, 11) is 2.01. The van der Waals surface area contributed by atoms with Crippen LogP contribution >= 0.6 is 0 Å². The fraction of sp³-hybridized carbons (Fsp3) is 0.625. The molecule has 5 rings (SSSR count). The number of likely N-dealkylation sites (N-methyl/N-ethyl adjacent to an activating group) is 1. The van der Waals surface area contributed by atoms with Crippen molar-refractivity contribution in [3.8, 4) is 0 Å². The molecule has 3 aliphatic rings. The van der Waals surface area contributed by atoms with Gasteiger partial charge >= 0.3 is 0 Å². The molecule has 1 saturated carbocycles. The van der Waals surface area contributed by atoms with Gasteiger partial charge in [-0.3, -0.25) is 9.69 Å². The lowest BCUT2D eigenvalue weighted by Crippen LogP contribution is -2.58. The SMILES string of the molecule is CN(C(=O)Cc1cccc2occc12)C1CC[C@@]2(CCCO2)CC1N1CCCC1. The molecule has 2 unspecified atom stereocenters. The molecule has 29 heavy (non-hydrogen) atoms. The van der Waals surface area contributed by atoms with Crippen LogP contribution in [0, 0.1) is 0 Å². The van der Waals surface area contributed by atoms with Crippen LogP contribution in [-0.4, -0.2) is 60.1 Å². The van der Waals surface area contributed by atoms with Gasteiger partial charge in [0.1, 0.15) is 5.58 Å². The van der Waals surface area contributed by atoms with E-state index in [1.165, 1.54) is 25.7 Å². The van der Waals surface area contributed by atoms with E-state index >= 15 is 0 Å². The maximum absolute atomic E-state index is 13.3. The van der Waals surface area contributed by atoms with Crippen molar-refractivity contribution in [2.45, 2.75) is 69.1 Å². The average molecular weight is 397 g/mol. The highest BCUT2D eigenvalue weighted by atomic mass is 16.5. The summed E-state index contributed by atoms with van der Waals surface area (Å²) < 4.78 is 11.8. The molecule has 3 heterocycles. The fourth-order valence-corrected chi connectivity index (χ4v) is 5.92. The van der Waals surface area contributed by atoms with Crippen molar-refractivity contribution in [3.63, 3.8) is 0 Å². The van der Waals surface area contributed by atoms with Gasteiger partial charge in [0.15, 0.2) is 0 Å². The van der Waals surface area contributed by atoms with Gasteiger partial charge in [0.05, 0.1) is 18.3 Å². The molecule has 5 heteroatoms. The number of furan rings is 1. The Labute approximate surface area is 173 Å². The van der Waals surface area contributed by atoms with Crippen molar-refractivity contribution < 1.29 is 13.9 Å². The average Bonchev–Trinajstić information content (AvgIpc) is 3.49. The lowest BCUT2D eigenvalue weighted by atomic mass is 9.76. The Balaban J connectivity index is 1.34. The molecule has 0 N–H and O–H groups in total. The third-order valence-corrected chi connectivity index (χ3v) is 7.53. The number of rotatable bonds is 4. The molecule has 5 nitrogen and oxygen atoms in total. The van der Waals surface area contributed by atoms with E-state index in [0.29, 0.717) is 12.5 Å². The number of ether oxygens (including phenoxy) is 1. The van der Waals surface area contributed by atoms with E-state index < -0.39 is 0 Å². The first kappa shape index (κ1) is 19.1. The van der Waals surface area contributed by atoms with Crippen molar-refractivity contribution in [1.82, 2.24) is 9.80 Å². The Morgan fingerprint density at radius 2 is 2.07 bits per heavy atom. The minimum atomic E-state index is 0.0655. The monoisotopic (exact) mass is 396 g/mol. The summed E-state index contributed by atoms with van der Waals surface area (Å²) in [6, 6.07) is 8.64. The molecule has 2 saturated heterocycles. The molecule has 2 aliphatic heterocycles. The predicted octanol–water partition coefficient (Wildman–Crippen LogP) is 4.00. The number of hydrogen-bond donors (Lipinski definition) is 0. The first-order valence-electron chi connectivity index (χ1n) is 11.2. The third kappa shape index (κ3) is 3.59. The number of likely N-dealkylation sites (tertiary alicyclic amines) is 1. The van der Waals surface area contributed by atoms with Gasteiger partial charge in [-0.25, -0.2) is 0 Å². The second-order valence-corrected chi connectivity index (χ2v) is 9.19. The fourth-order valence-electron chi connectivity index (χ4n) is 5.92. The standard InChI is InChI=1S/C24H32N2O3/c1-25(23(27)16-18-6-4-7-22-19(18)9-15-28-22)20-8-11-24(10-5-14-29-24)17-21(20)26-12-2-3-13-26/h4,6-7,9,15,20-21H,2-3,5,8,10-14,16-17H2,1H3/t20?,21?,24-/m0/s1. The van der Waals surface area contributed by atoms with Crippen LogP contribution in [0.15, 0.2) is 34.9 Å². The number of nitrogens with zero attached hydrogens (tertiary/aromatic N) is 2. The van der Waals surface area contributed by atoms with Crippen LogP contribution in [0.3, 0.4) is 0 Å². The second kappa shape index (κ2) is 7.77. The number of carbonyl (C=O) groups excluding carboxylic acids is 1. The highest BCUT2D eigenvalue weighted by molar-refractivity contribution is 5.87. The summed E-state index contributed by atoms with van der Waals surface area (Å²) in [6.07, 6.45) is 10.2. The molecular formula is C24H32N2O3. The van der Waals surface area contributed by atoms with E-state index in [4.69, 9.17) is 9.15 Å². The van der Waals surface area contributed by atoms with Gasteiger partial charge < -0.3 is 14.1 Å². The normalized spacial score (nSPS) is 30.4. The highest BCUT2D eigenvalue weighted by Crippen LogP contribution is 2.43. The minimum Gasteiger partial charge on any atom is -0.464 e. The first-order chi connectivity index (χ1) is 14.2. The lowest BCUT2D eigenvalue weighted by molar-refractivity contribution is -0.136.